The van der Waals surface area contributed by atoms with Gasteiger partial charge in [-0.15, -0.1) is 0 Å². The average molecular weight is 486 g/mol. The van der Waals surface area contributed by atoms with Gasteiger partial charge in [-0.2, -0.15) is 0 Å². The van der Waals surface area contributed by atoms with Gasteiger partial charge in [-0.1, -0.05) is 17.7 Å². The molecule has 0 fully saturated rings. The largest absolute Gasteiger partial charge is 0.340 e. The summed E-state index contributed by atoms with van der Waals surface area (Å²) in [5, 5.41) is 17.7. The maximum absolute atomic E-state index is 13.0. The number of allylic oxidation sites excluding steroid dienone is 1. The first kappa shape index (κ1) is 23.6. The molecule has 4 aromatic rings. The van der Waals surface area contributed by atoms with Crippen LogP contribution in [0.15, 0.2) is 85.2 Å². The average Bonchev–Trinajstić information content (AvgIpc) is 2.85. The fourth-order valence-electron chi connectivity index (χ4n) is 3.27. The third-order valence-electron chi connectivity index (χ3n) is 5.04. The highest BCUT2D eigenvalue weighted by molar-refractivity contribution is 6.33. The molecular formula is C26H20ClN5O3. The first-order valence-electron chi connectivity index (χ1n) is 10.6. The highest BCUT2D eigenvalue weighted by Crippen LogP contribution is 2.28. The number of nitro benzene ring substituents is 1. The summed E-state index contributed by atoms with van der Waals surface area (Å²) in [7, 11) is 0. The minimum atomic E-state index is -0.474. The molecule has 0 aliphatic heterocycles. The number of nitro groups is 1. The van der Waals surface area contributed by atoms with E-state index in [1.54, 1.807) is 48.8 Å². The van der Waals surface area contributed by atoms with Crippen LogP contribution in [0.4, 0.5) is 28.7 Å². The Bertz CT molecular complexity index is 1420. The third-order valence-corrected chi connectivity index (χ3v) is 5.36. The SMILES string of the molecule is Cc1ccc(Nc2ncccc2/C=C/C(=O)c2cccnc2Nc2ccc([N+](=O)[O-])cc2)c(Cl)c1. The van der Waals surface area contributed by atoms with Gasteiger partial charge in [0, 0.05) is 35.8 Å². The molecule has 0 saturated carbocycles. The van der Waals surface area contributed by atoms with E-state index in [4.69, 9.17) is 11.6 Å². The van der Waals surface area contributed by atoms with Gasteiger partial charge in [0.05, 0.1) is 21.2 Å². The van der Waals surface area contributed by atoms with Crippen molar-refractivity contribution in [1.82, 2.24) is 9.97 Å². The minimum absolute atomic E-state index is 0.0244. The summed E-state index contributed by atoms with van der Waals surface area (Å²) in [6.07, 6.45) is 6.32. The molecule has 2 N–H and O–H groups in total. The molecule has 0 spiro atoms. The van der Waals surface area contributed by atoms with Crippen molar-refractivity contribution in [2.24, 2.45) is 0 Å². The number of benzene rings is 2. The van der Waals surface area contributed by atoms with Gasteiger partial charge < -0.3 is 10.6 Å². The summed E-state index contributed by atoms with van der Waals surface area (Å²) < 4.78 is 0. The molecule has 0 atom stereocenters. The lowest BCUT2D eigenvalue weighted by atomic mass is 10.1. The topological polar surface area (TPSA) is 110 Å². The number of halogens is 1. The molecule has 4 rings (SSSR count). The van der Waals surface area contributed by atoms with Gasteiger partial charge in [0.1, 0.15) is 11.6 Å². The molecule has 0 aliphatic carbocycles. The second-order valence-corrected chi connectivity index (χ2v) is 7.98. The second kappa shape index (κ2) is 10.6. The van der Waals surface area contributed by atoms with Gasteiger partial charge in [0.2, 0.25) is 0 Å². The number of nitrogens with zero attached hydrogens (tertiary/aromatic N) is 3. The van der Waals surface area contributed by atoms with E-state index >= 15 is 0 Å². The van der Waals surface area contributed by atoms with Crippen molar-refractivity contribution in [3.05, 3.63) is 117 Å². The Morgan fingerprint density at radius 1 is 0.971 bits per heavy atom. The van der Waals surface area contributed by atoms with E-state index in [1.165, 1.54) is 18.2 Å². The molecule has 8 nitrogen and oxygen atoms in total. The fraction of sp³-hybridized carbons (Fsp3) is 0.0385. The van der Waals surface area contributed by atoms with E-state index in [2.05, 4.69) is 20.6 Å². The first-order valence-corrected chi connectivity index (χ1v) is 11.0. The third kappa shape index (κ3) is 5.87. The van der Waals surface area contributed by atoms with Crippen molar-refractivity contribution in [1.29, 1.82) is 0 Å². The van der Waals surface area contributed by atoms with E-state index in [0.29, 0.717) is 39.2 Å². The Morgan fingerprint density at radius 2 is 1.69 bits per heavy atom. The molecule has 2 aromatic heterocycles. The van der Waals surface area contributed by atoms with E-state index in [0.717, 1.165) is 5.56 Å². The molecule has 0 radical (unpaired) electrons. The number of hydrogen-bond acceptors (Lipinski definition) is 7. The van der Waals surface area contributed by atoms with E-state index < -0.39 is 4.92 Å². The van der Waals surface area contributed by atoms with E-state index in [9.17, 15) is 14.9 Å². The molecule has 0 amide bonds. The van der Waals surface area contributed by atoms with Gasteiger partial charge in [-0.3, -0.25) is 14.9 Å². The number of non-ortho nitro benzene ring substituents is 1. The number of rotatable bonds is 8. The predicted molar refractivity (Wildman–Crippen MR) is 138 cm³/mol. The Morgan fingerprint density at radius 3 is 2.40 bits per heavy atom. The normalized spacial score (nSPS) is 10.8. The summed E-state index contributed by atoms with van der Waals surface area (Å²) in [5.41, 5.74) is 3.35. The van der Waals surface area contributed by atoms with Crippen molar-refractivity contribution >= 4 is 52.2 Å². The summed E-state index contributed by atoms with van der Waals surface area (Å²) in [6, 6.07) is 18.5. The molecule has 2 heterocycles. The van der Waals surface area contributed by atoms with Crippen molar-refractivity contribution in [2.45, 2.75) is 6.92 Å². The lowest BCUT2D eigenvalue weighted by molar-refractivity contribution is -0.384. The molecule has 174 valence electrons. The van der Waals surface area contributed by atoms with Crippen LogP contribution in [-0.4, -0.2) is 20.7 Å². The van der Waals surface area contributed by atoms with Gasteiger partial charge >= 0.3 is 0 Å². The molecule has 35 heavy (non-hydrogen) atoms. The van der Waals surface area contributed by atoms with Gasteiger partial charge in [0.15, 0.2) is 5.78 Å². The van der Waals surface area contributed by atoms with Crippen molar-refractivity contribution in [3.63, 3.8) is 0 Å². The first-order chi connectivity index (χ1) is 16.9. The van der Waals surface area contributed by atoms with Crippen molar-refractivity contribution in [3.8, 4) is 0 Å². The number of carbonyl (C=O) groups excluding carboxylic acids is 1. The van der Waals surface area contributed by atoms with Crippen LogP contribution in [0, 0.1) is 17.0 Å². The zero-order valence-corrected chi connectivity index (χ0v) is 19.4. The summed E-state index contributed by atoms with van der Waals surface area (Å²) in [6.45, 7) is 1.96. The minimum Gasteiger partial charge on any atom is -0.340 e. The molecule has 0 bridgehead atoms. The standard InChI is InChI=1S/C26H20ClN5O3/c1-17-6-12-23(22(27)16-17)31-25-18(4-2-14-28-25)7-13-24(33)21-5-3-15-29-26(21)30-19-8-10-20(11-9-19)32(34)35/h2-16H,1H3,(H,28,31)(H,29,30)/b13-7+. The van der Waals surface area contributed by atoms with Gasteiger partial charge in [-0.25, -0.2) is 9.97 Å². The molecule has 9 heteroatoms. The molecular weight excluding hydrogens is 466 g/mol. The quantitative estimate of drug-likeness (QED) is 0.123. The molecule has 2 aromatic carbocycles. The lowest BCUT2D eigenvalue weighted by Crippen LogP contribution is -2.04. The number of nitrogens with one attached hydrogen (secondary N) is 2. The van der Waals surface area contributed by atoms with Gasteiger partial charge in [0.25, 0.3) is 5.69 Å². The Balaban J connectivity index is 1.54. The van der Waals surface area contributed by atoms with Crippen LogP contribution in [0.5, 0.6) is 0 Å². The smallest absolute Gasteiger partial charge is 0.269 e. The van der Waals surface area contributed by atoms with Crippen molar-refractivity contribution in [2.75, 3.05) is 10.6 Å². The number of ketones is 1. The van der Waals surface area contributed by atoms with Crippen LogP contribution in [0.1, 0.15) is 21.5 Å². The molecule has 0 unspecified atom stereocenters. The van der Waals surface area contributed by atoms with Crippen LogP contribution < -0.4 is 10.6 Å². The van der Waals surface area contributed by atoms with Crippen LogP contribution in [-0.2, 0) is 0 Å². The maximum Gasteiger partial charge on any atom is 0.269 e. The number of hydrogen-bond donors (Lipinski definition) is 2. The molecule has 0 saturated heterocycles. The monoisotopic (exact) mass is 485 g/mol. The number of aromatic nitrogens is 2. The van der Waals surface area contributed by atoms with Crippen LogP contribution in [0.2, 0.25) is 5.02 Å². The number of pyridine rings is 2. The summed E-state index contributed by atoms with van der Waals surface area (Å²) >= 11 is 6.34. The van der Waals surface area contributed by atoms with Crippen molar-refractivity contribution < 1.29 is 9.72 Å². The number of aryl methyl sites for hydroxylation is 1. The Kier molecular flexibility index (Phi) is 7.13. The lowest BCUT2D eigenvalue weighted by Gasteiger charge is -2.11. The van der Waals surface area contributed by atoms with E-state index in [-0.39, 0.29) is 11.5 Å². The predicted octanol–water partition coefficient (Wildman–Crippen LogP) is 6.73. The highest BCUT2D eigenvalue weighted by atomic mass is 35.5. The summed E-state index contributed by atoms with van der Waals surface area (Å²) in [5.74, 6) is 0.621. The zero-order chi connectivity index (χ0) is 24.8. The van der Waals surface area contributed by atoms with Crippen LogP contribution in [0.3, 0.4) is 0 Å². The highest BCUT2D eigenvalue weighted by Gasteiger charge is 2.12. The number of anilines is 4. The maximum atomic E-state index is 13.0. The van der Waals surface area contributed by atoms with Crippen LogP contribution in [0.25, 0.3) is 6.08 Å². The zero-order valence-electron chi connectivity index (χ0n) is 18.6. The molecule has 0 aliphatic rings. The fourth-order valence-corrected chi connectivity index (χ4v) is 3.55. The van der Waals surface area contributed by atoms with E-state index in [1.807, 2.05) is 31.2 Å². The van der Waals surface area contributed by atoms with Gasteiger partial charge in [-0.05, 0) is 73.2 Å². The number of carbonyl (C=O) groups is 1. The Labute approximate surface area is 206 Å². The summed E-state index contributed by atoms with van der Waals surface area (Å²) in [4.78, 5) is 32.0. The second-order valence-electron chi connectivity index (χ2n) is 7.58. The van der Waals surface area contributed by atoms with Crippen LogP contribution >= 0.6 is 11.6 Å². The Hall–Kier alpha value is -4.56.